The van der Waals surface area contributed by atoms with E-state index in [2.05, 4.69) is 36.5 Å². The number of amides is 1. The van der Waals surface area contributed by atoms with Gasteiger partial charge < -0.3 is 10.1 Å². The van der Waals surface area contributed by atoms with Crippen molar-refractivity contribution in [3.05, 3.63) is 59.7 Å². The molecule has 26 heavy (non-hydrogen) atoms. The first-order valence-corrected chi connectivity index (χ1v) is 10.1. The van der Waals surface area contributed by atoms with Gasteiger partial charge in [0.25, 0.3) is 5.91 Å². The van der Waals surface area contributed by atoms with E-state index in [9.17, 15) is 9.59 Å². The molecule has 0 bridgehead atoms. The van der Waals surface area contributed by atoms with Gasteiger partial charge in [0.05, 0.1) is 7.11 Å². The van der Waals surface area contributed by atoms with Crippen LogP contribution < -0.4 is 5.32 Å². The molecule has 0 saturated heterocycles. The van der Waals surface area contributed by atoms with Gasteiger partial charge in [0.15, 0.2) is 0 Å². The van der Waals surface area contributed by atoms with Crippen molar-refractivity contribution in [3.63, 3.8) is 0 Å². The highest BCUT2D eigenvalue weighted by Gasteiger charge is 2.21. The van der Waals surface area contributed by atoms with Crippen LogP contribution in [0.3, 0.4) is 0 Å². The molecule has 2 rings (SSSR count). The molecular formula is C21H25NO3S. The Labute approximate surface area is 159 Å². The first-order chi connectivity index (χ1) is 12.6. The highest BCUT2D eigenvalue weighted by Crippen LogP contribution is 2.21. The molecule has 0 spiro atoms. The van der Waals surface area contributed by atoms with E-state index >= 15 is 0 Å². The zero-order chi connectivity index (χ0) is 18.9. The number of methoxy groups -OCH3 is 1. The first kappa shape index (κ1) is 20.0. The molecule has 2 aromatic rings. The number of carbonyl (C=O) groups is 2. The molecule has 0 aliphatic carbocycles. The van der Waals surface area contributed by atoms with Crippen molar-refractivity contribution < 1.29 is 14.3 Å². The third kappa shape index (κ3) is 5.36. The average Bonchev–Trinajstić information content (AvgIpc) is 2.68. The van der Waals surface area contributed by atoms with Crippen LogP contribution in [0.2, 0.25) is 0 Å². The molecule has 0 unspecified atom stereocenters. The fourth-order valence-electron chi connectivity index (χ4n) is 2.69. The van der Waals surface area contributed by atoms with Gasteiger partial charge in [-0.3, -0.25) is 4.79 Å². The average molecular weight is 372 g/mol. The molecule has 1 amide bonds. The summed E-state index contributed by atoms with van der Waals surface area (Å²) < 4.78 is 4.74. The van der Waals surface area contributed by atoms with Gasteiger partial charge in [0, 0.05) is 11.3 Å². The van der Waals surface area contributed by atoms with E-state index in [0.29, 0.717) is 11.3 Å². The van der Waals surface area contributed by atoms with Crippen LogP contribution in [-0.4, -0.2) is 37.0 Å². The van der Waals surface area contributed by atoms with E-state index < -0.39 is 12.0 Å². The van der Waals surface area contributed by atoms with E-state index in [0.717, 1.165) is 24.0 Å². The number of esters is 1. The van der Waals surface area contributed by atoms with Crippen molar-refractivity contribution in [2.24, 2.45) is 0 Å². The maximum Gasteiger partial charge on any atom is 0.329 e. The predicted molar refractivity (Wildman–Crippen MR) is 108 cm³/mol. The van der Waals surface area contributed by atoms with Crippen LogP contribution in [0.25, 0.3) is 11.1 Å². The minimum Gasteiger partial charge on any atom is -0.467 e. The second-order valence-electron chi connectivity index (χ2n) is 6.03. The number of hydrogen-bond acceptors (Lipinski definition) is 4. The minimum absolute atomic E-state index is 0.278. The third-order valence-electron chi connectivity index (χ3n) is 4.10. The molecule has 0 fully saturated rings. The lowest BCUT2D eigenvalue weighted by molar-refractivity contribution is -0.142. The fourth-order valence-corrected chi connectivity index (χ4v) is 3.24. The predicted octanol–water partition coefficient (Wildman–Crippen LogP) is 3.94. The van der Waals surface area contributed by atoms with Gasteiger partial charge in [-0.05, 0) is 41.5 Å². The van der Waals surface area contributed by atoms with Crippen LogP contribution >= 0.6 is 11.8 Å². The summed E-state index contributed by atoms with van der Waals surface area (Å²) in [6.07, 6.45) is 4.09. The Morgan fingerprint density at radius 1 is 1.04 bits per heavy atom. The number of aryl methyl sites for hydroxylation is 1. The Morgan fingerprint density at radius 3 is 2.12 bits per heavy atom. The lowest BCUT2D eigenvalue weighted by Gasteiger charge is -2.15. The zero-order valence-corrected chi connectivity index (χ0v) is 16.3. The number of benzene rings is 2. The van der Waals surface area contributed by atoms with E-state index in [-0.39, 0.29) is 5.91 Å². The van der Waals surface area contributed by atoms with E-state index in [1.54, 1.807) is 12.1 Å². The van der Waals surface area contributed by atoms with Gasteiger partial charge in [-0.2, -0.15) is 11.8 Å². The van der Waals surface area contributed by atoms with Crippen LogP contribution in [-0.2, 0) is 16.0 Å². The smallest absolute Gasteiger partial charge is 0.329 e. The first-order valence-electron chi connectivity index (χ1n) is 8.66. The van der Waals surface area contributed by atoms with Crippen LogP contribution in [0.1, 0.15) is 29.3 Å². The Kier molecular flexibility index (Phi) is 7.73. The zero-order valence-electron chi connectivity index (χ0n) is 15.5. The normalized spacial score (nSPS) is 11.7. The van der Waals surface area contributed by atoms with Gasteiger partial charge in [0.1, 0.15) is 6.04 Å². The number of rotatable bonds is 8. The SMILES string of the molecule is CCCc1ccc(-c2ccc(C(=O)N[C@H](CSC)C(=O)OC)cc2)cc1. The van der Waals surface area contributed by atoms with E-state index in [4.69, 9.17) is 4.74 Å². The van der Waals surface area contributed by atoms with Gasteiger partial charge in [-0.1, -0.05) is 49.7 Å². The maximum absolute atomic E-state index is 12.4. The topological polar surface area (TPSA) is 55.4 Å². The summed E-state index contributed by atoms with van der Waals surface area (Å²) in [7, 11) is 1.32. The largest absolute Gasteiger partial charge is 0.467 e. The Morgan fingerprint density at radius 2 is 1.62 bits per heavy atom. The molecule has 0 aliphatic rings. The van der Waals surface area contributed by atoms with Crippen molar-refractivity contribution in [3.8, 4) is 11.1 Å². The van der Waals surface area contributed by atoms with Crippen LogP contribution in [0.5, 0.6) is 0 Å². The molecule has 0 heterocycles. The number of nitrogens with one attached hydrogen (secondary N) is 1. The Hall–Kier alpha value is -2.27. The van der Waals surface area contributed by atoms with Crippen LogP contribution in [0.4, 0.5) is 0 Å². The monoisotopic (exact) mass is 371 g/mol. The molecule has 0 radical (unpaired) electrons. The van der Waals surface area contributed by atoms with Gasteiger partial charge in [-0.25, -0.2) is 4.79 Å². The summed E-state index contributed by atoms with van der Waals surface area (Å²) in [6, 6.07) is 15.2. The minimum atomic E-state index is -0.645. The summed E-state index contributed by atoms with van der Waals surface area (Å²) in [5, 5.41) is 2.73. The maximum atomic E-state index is 12.4. The molecule has 5 heteroatoms. The quantitative estimate of drug-likeness (QED) is 0.714. The summed E-state index contributed by atoms with van der Waals surface area (Å²) in [4.78, 5) is 24.1. The third-order valence-corrected chi connectivity index (χ3v) is 4.76. The number of carbonyl (C=O) groups excluding carboxylic acids is 2. The molecule has 138 valence electrons. The van der Waals surface area contributed by atoms with E-state index in [1.165, 1.54) is 24.4 Å². The molecule has 1 N–H and O–H groups in total. The van der Waals surface area contributed by atoms with Gasteiger partial charge in [-0.15, -0.1) is 0 Å². The number of ether oxygens (including phenoxy) is 1. The molecule has 0 aromatic heterocycles. The van der Waals surface area contributed by atoms with Crippen molar-refractivity contribution in [2.45, 2.75) is 25.8 Å². The van der Waals surface area contributed by atoms with Crippen molar-refractivity contribution in [2.75, 3.05) is 19.1 Å². The number of hydrogen-bond donors (Lipinski definition) is 1. The summed E-state index contributed by atoms with van der Waals surface area (Å²) >= 11 is 1.48. The standard InChI is InChI=1S/C21H25NO3S/c1-4-5-15-6-8-16(9-7-15)17-10-12-18(13-11-17)20(23)22-19(14-26-3)21(24)25-2/h6-13,19H,4-5,14H2,1-3H3,(H,22,23)/t19-/m1/s1. The molecule has 1 atom stereocenters. The van der Waals surface area contributed by atoms with Gasteiger partial charge >= 0.3 is 5.97 Å². The number of thioether (sulfide) groups is 1. The van der Waals surface area contributed by atoms with Gasteiger partial charge in [0.2, 0.25) is 0 Å². The summed E-state index contributed by atoms with van der Waals surface area (Å²) in [5.41, 5.74) is 4.02. The second-order valence-corrected chi connectivity index (χ2v) is 6.94. The second kappa shape index (κ2) is 10.0. The highest BCUT2D eigenvalue weighted by molar-refractivity contribution is 7.98. The molecule has 0 aliphatic heterocycles. The summed E-state index contributed by atoms with van der Waals surface area (Å²) in [5.74, 6) is -0.239. The lowest BCUT2D eigenvalue weighted by Crippen LogP contribution is -2.43. The lowest BCUT2D eigenvalue weighted by atomic mass is 10.0. The Balaban J connectivity index is 2.08. The molecular weight excluding hydrogens is 346 g/mol. The molecule has 4 nitrogen and oxygen atoms in total. The highest BCUT2D eigenvalue weighted by atomic mass is 32.2. The van der Waals surface area contributed by atoms with Crippen molar-refractivity contribution in [1.82, 2.24) is 5.32 Å². The molecule has 0 saturated carbocycles. The Bertz CT molecular complexity index is 726. The molecule has 2 aromatic carbocycles. The van der Waals surface area contributed by atoms with Crippen LogP contribution in [0, 0.1) is 0 Å². The van der Waals surface area contributed by atoms with Crippen molar-refractivity contribution in [1.29, 1.82) is 0 Å². The van der Waals surface area contributed by atoms with Crippen LogP contribution in [0.15, 0.2) is 48.5 Å². The summed E-state index contributed by atoms with van der Waals surface area (Å²) in [6.45, 7) is 2.17. The fraction of sp³-hybridized carbons (Fsp3) is 0.333. The van der Waals surface area contributed by atoms with E-state index in [1.807, 2.05) is 18.4 Å². The van der Waals surface area contributed by atoms with Crippen molar-refractivity contribution >= 4 is 23.6 Å².